The van der Waals surface area contributed by atoms with Crippen LogP contribution in [-0.4, -0.2) is 68.5 Å². The highest BCUT2D eigenvalue weighted by Gasteiger charge is 2.31. The van der Waals surface area contributed by atoms with Crippen molar-refractivity contribution in [3.63, 3.8) is 0 Å². The van der Waals surface area contributed by atoms with Crippen LogP contribution >= 0.6 is 11.3 Å². The van der Waals surface area contributed by atoms with Crippen LogP contribution in [0.25, 0.3) is 32.0 Å². The maximum atomic E-state index is 13.8. The van der Waals surface area contributed by atoms with Crippen molar-refractivity contribution in [2.75, 3.05) is 39.6 Å². The van der Waals surface area contributed by atoms with Crippen molar-refractivity contribution in [1.82, 2.24) is 4.98 Å². The molecule has 0 N–H and O–H groups in total. The second-order valence-corrected chi connectivity index (χ2v) is 21.6. The summed E-state index contributed by atoms with van der Waals surface area (Å²) in [7, 11) is 0. The van der Waals surface area contributed by atoms with Crippen LogP contribution in [0.2, 0.25) is 0 Å². The van der Waals surface area contributed by atoms with Crippen molar-refractivity contribution >= 4 is 56.4 Å². The molecule has 0 saturated heterocycles. The van der Waals surface area contributed by atoms with Gasteiger partial charge in [-0.25, -0.2) is 14.6 Å². The first-order valence-corrected chi connectivity index (χ1v) is 28.8. The number of ether oxygens (including phenoxy) is 6. The molecule has 0 atom stereocenters. The number of furan rings is 1. The Hall–Kier alpha value is -7.21. The molecule has 17 heteroatoms. The van der Waals surface area contributed by atoms with Gasteiger partial charge in [-0.15, -0.1) is 11.3 Å². The lowest BCUT2D eigenvalue weighted by atomic mass is 9.82. The molecule has 16 nitrogen and oxygen atoms in total. The highest BCUT2D eigenvalue weighted by Crippen LogP contribution is 2.43. The third-order valence-corrected chi connectivity index (χ3v) is 15.5. The van der Waals surface area contributed by atoms with Gasteiger partial charge in [0.2, 0.25) is 0 Å². The zero-order valence-corrected chi connectivity index (χ0v) is 46.7. The summed E-state index contributed by atoms with van der Waals surface area (Å²) in [6.07, 6.45) is 15.3. The molecule has 6 aromatic rings. The number of hydrogen-bond donors (Lipinski definition) is 0. The number of nitrogens with zero attached hydrogens (tertiary/aromatic N) is 1. The molecule has 426 valence electrons. The number of hydrogen-bond acceptors (Lipinski definition) is 17. The highest BCUT2D eigenvalue weighted by atomic mass is 32.1. The number of carbonyl (C=O) groups excluding carboxylic acids is 4. The first-order valence-electron chi connectivity index (χ1n) is 28.0. The smallest absolute Gasteiger partial charge is 0.330 e. The van der Waals surface area contributed by atoms with Crippen LogP contribution < -0.4 is 28.7 Å². The van der Waals surface area contributed by atoms with Crippen LogP contribution in [-0.2, 0) is 38.4 Å². The van der Waals surface area contributed by atoms with E-state index in [1.165, 1.54) is 23.5 Å². The SMILES string of the molecule is C=CC(=O)OCCCCCCOc1ccc(OOCC2CCC(C(=O)Oc3ccc(OOCC4CCC(C(=O)Oc5ccc(OCCCCCCOC(=O)C=C)cc5)CC4)c4nc(-c5cc6c(C)cc(C)cc6o5)sc34)CC2)cc1. The fourth-order valence-electron chi connectivity index (χ4n) is 9.87. The zero-order valence-electron chi connectivity index (χ0n) is 45.9. The van der Waals surface area contributed by atoms with E-state index in [9.17, 15) is 19.2 Å². The molecule has 2 aliphatic rings. The Bertz CT molecular complexity index is 2980. The van der Waals surface area contributed by atoms with E-state index in [0.717, 1.165) is 105 Å². The Morgan fingerprint density at radius 3 is 1.64 bits per heavy atom. The summed E-state index contributed by atoms with van der Waals surface area (Å²) < 4.78 is 40.6. The van der Waals surface area contributed by atoms with Crippen LogP contribution in [0.3, 0.4) is 0 Å². The largest absolute Gasteiger partial charge is 0.494 e. The predicted octanol–water partition coefficient (Wildman–Crippen LogP) is 14.1. The minimum Gasteiger partial charge on any atom is -0.494 e. The van der Waals surface area contributed by atoms with Gasteiger partial charge < -0.3 is 42.6 Å². The van der Waals surface area contributed by atoms with Gasteiger partial charge in [0.05, 0.1) is 51.5 Å². The van der Waals surface area contributed by atoms with Gasteiger partial charge in [0.1, 0.15) is 33.0 Å². The number of rotatable bonds is 31. The molecule has 2 fully saturated rings. The maximum Gasteiger partial charge on any atom is 0.330 e. The molecule has 4 aromatic carbocycles. The van der Waals surface area contributed by atoms with E-state index in [4.69, 9.17) is 57.4 Å². The average molecular weight is 1120 g/mol. The summed E-state index contributed by atoms with van der Waals surface area (Å²) in [5.41, 5.74) is 3.45. The molecule has 0 aliphatic heterocycles. The first kappa shape index (κ1) is 58.9. The molecule has 0 amide bonds. The van der Waals surface area contributed by atoms with Crippen LogP contribution in [0.15, 0.2) is 109 Å². The average Bonchev–Trinajstić information content (AvgIpc) is 4.12. The van der Waals surface area contributed by atoms with Crippen LogP contribution in [0.5, 0.6) is 34.5 Å². The number of fused-ring (bicyclic) bond motifs is 2. The Labute approximate surface area is 471 Å². The minimum atomic E-state index is -0.400. The Morgan fingerprint density at radius 1 is 0.575 bits per heavy atom. The summed E-state index contributed by atoms with van der Waals surface area (Å²) >= 11 is 1.36. The predicted molar refractivity (Wildman–Crippen MR) is 303 cm³/mol. The molecule has 2 aromatic heterocycles. The number of aromatic nitrogens is 1. The molecule has 2 saturated carbocycles. The topological polar surface area (TPSA) is 187 Å². The third-order valence-electron chi connectivity index (χ3n) is 14.5. The first-order chi connectivity index (χ1) is 39.0. The highest BCUT2D eigenvalue weighted by molar-refractivity contribution is 7.22. The Balaban J connectivity index is 0.774. The van der Waals surface area contributed by atoms with E-state index in [-0.39, 0.29) is 35.6 Å². The van der Waals surface area contributed by atoms with E-state index >= 15 is 0 Å². The van der Waals surface area contributed by atoms with E-state index in [0.29, 0.717) is 115 Å². The molecular formula is C63H73NO15S. The fourth-order valence-corrected chi connectivity index (χ4v) is 10.9. The molecule has 2 heterocycles. The van der Waals surface area contributed by atoms with Crippen molar-refractivity contribution in [2.45, 2.75) is 117 Å². The zero-order chi connectivity index (χ0) is 56.1. The lowest BCUT2D eigenvalue weighted by molar-refractivity contribution is -0.218. The van der Waals surface area contributed by atoms with Crippen LogP contribution in [0.4, 0.5) is 0 Å². The molecule has 0 unspecified atom stereocenters. The molecule has 0 radical (unpaired) electrons. The van der Waals surface area contributed by atoms with Crippen molar-refractivity contribution in [3.8, 4) is 45.3 Å². The number of unbranched alkanes of at least 4 members (excludes halogenated alkanes) is 6. The number of aryl methyl sites for hydroxylation is 2. The van der Waals surface area contributed by atoms with Gasteiger partial charge in [0, 0.05) is 17.5 Å². The number of benzene rings is 4. The van der Waals surface area contributed by atoms with Crippen LogP contribution in [0.1, 0.15) is 114 Å². The van der Waals surface area contributed by atoms with Gasteiger partial charge in [-0.3, -0.25) is 9.59 Å². The van der Waals surface area contributed by atoms with Gasteiger partial charge >= 0.3 is 23.9 Å². The van der Waals surface area contributed by atoms with E-state index in [1.54, 1.807) is 36.4 Å². The number of esters is 4. The van der Waals surface area contributed by atoms with Crippen molar-refractivity contribution in [1.29, 1.82) is 0 Å². The molecule has 0 spiro atoms. The summed E-state index contributed by atoms with van der Waals surface area (Å²) in [6, 6.07) is 24.0. The monoisotopic (exact) mass is 1120 g/mol. The van der Waals surface area contributed by atoms with Gasteiger partial charge in [0.25, 0.3) is 0 Å². The summed E-state index contributed by atoms with van der Waals surface area (Å²) in [4.78, 5) is 77.4. The summed E-state index contributed by atoms with van der Waals surface area (Å²) in [6.45, 7) is 13.5. The number of carbonyl (C=O) groups is 4. The van der Waals surface area contributed by atoms with Gasteiger partial charge in [-0.1, -0.05) is 19.2 Å². The quantitative estimate of drug-likeness (QED) is 0.00998. The van der Waals surface area contributed by atoms with E-state index < -0.39 is 11.9 Å². The van der Waals surface area contributed by atoms with E-state index in [1.807, 2.05) is 43.3 Å². The van der Waals surface area contributed by atoms with Crippen molar-refractivity contribution in [2.24, 2.45) is 23.7 Å². The molecule has 0 bridgehead atoms. The normalized spacial score (nSPS) is 17.1. The van der Waals surface area contributed by atoms with E-state index in [2.05, 4.69) is 26.1 Å². The van der Waals surface area contributed by atoms with Gasteiger partial charge in [0.15, 0.2) is 28.0 Å². The standard InChI is InChI=1S/C63H73NO15S/c1-5-57(65)71-35-13-9-7-11-33-69-48-23-27-50(28-24-48)75-62(67)46-19-15-45(16-20-46)41-74-79-53-31-32-54(60-59(53)64-61(80-60)56-39-52-43(4)37-42(3)38-55(52)76-56)77-63(68)47-21-17-44(18-22-47)40-73-78-51-29-25-49(26-30-51)70-34-12-8-10-14-36-72-58(66)6-2/h5-6,23-32,37-39,44-47H,1-2,7-22,33-36,40-41H2,3-4H3. The van der Waals surface area contributed by atoms with Gasteiger partial charge in [-0.05, 0) is 212 Å². The van der Waals surface area contributed by atoms with Gasteiger partial charge in [-0.2, -0.15) is 9.78 Å². The van der Waals surface area contributed by atoms with Crippen molar-refractivity contribution in [3.05, 3.63) is 115 Å². The molecular weight excluding hydrogens is 1040 g/mol. The lowest BCUT2D eigenvalue weighted by Crippen LogP contribution is -2.27. The summed E-state index contributed by atoms with van der Waals surface area (Å²) in [5.74, 6) is 2.43. The van der Waals surface area contributed by atoms with Crippen LogP contribution in [0, 0.1) is 37.5 Å². The lowest BCUT2D eigenvalue weighted by Gasteiger charge is -2.26. The van der Waals surface area contributed by atoms with Crippen molar-refractivity contribution < 1.29 is 71.6 Å². The second kappa shape index (κ2) is 30.4. The molecule has 80 heavy (non-hydrogen) atoms. The fraction of sp³-hybridized carbons (Fsp3) is 0.444. The third kappa shape index (κ3) is 17.6. The minimum absolute atomic E-state index is 0.171. The number of thiazole rings is 1. The second-order valence-electron chi connectivity index (χ2n) is 20.6. The Morgan fingerprint density at radius 2 is 1.07 bits per heavy atom. The maximum absolute atomic E-state index is 13.8. The molecule has 2 aliphatic carbocycles. The molecule has 8 rings (SSSR count). The summed E-state index contributed by atoms with van der Waals surface area (Å²) in [5, 5.41) is 1.61. The Kier molecular flexibility index (Phi) is 22.4.